The van der Waals surface area contributed by atoms with Crippen molar-refractivity contribution in [3.63, 3.8) is 0 Å². The van der Waals surface area contributed by atoms with E-state index in [2.05, 4.69) is 35.5 Å². The van der Waals surface area contributed by atoms with E-state index in [1.807, 2.05) is 17.9 Å². The van der Waals surface area contributed by atoms with Crippen LogP contribution in [0, 0.1) is 20.8 Å². The maximum absolute atomic E-state index is 13.0. The number of hydrogen-bond acceptors (Lipinski definition) is 4. The lowest BCUT2D eigenvalue weighted by Crippen LogP contribution is -2.39. The molecule has 0 bridgehead atoms. The van der Waals surface area contributed by atoms with Gasteiger partial charge in [-0.05, 0) is 46.6 Å². The molecule has 1 amide bonds. The molecule has 0 radical (unpaired) electrons. The van der Waals surface area contributed by atoms with Crippen molar-refractivity contribution >= 4 is 5.91 Å². The molecule has 0 saturated carbocycles. The van der Waals surface area contributed by atoms with Gasteiger partial charge in [-0.15, -0.1) is 0 Å². The standard InChI is InChI=1S/C18H26N4O2/c1-11(2)22-12(3)9-16(13(22)4)18(23)21-8-6-7-15(10-21)17-19-14(5)24-20-17/h9,11,15H,6-8,10H2,1-5H3/t15-/m1/s1. The zero-order chi connectivity index (χ0) is 17.4. The van der Waals surface area contributed by atoms with Gasteiger partial charge in [-0.2, -0.15) is 4.98 Å². The monoisotopic (exact) mass is 330 g/mol. The minimum absolute atomic E-state index is 0.111. The second-order valence-corrected chi connectivity index (χ2v) is 7.01. The predicted octanol–water partition coefficient (Wildman–Crippen LogP) is 3.40. The number of likely N-dealkylation sites (tertiary alicyclic amines) is 1. The topological polar surface area (TPSA) is 64.2 Å². The maximum atomic E-state index is 13.0. The highest BCUT2D eigenvalue weighted by Crippen LogP contribution is 2.28. The number of aromatic nitrogens is 3. The van der Waals surface area contributed by atoms with Gasteiger partial charge in [0.1, 0.15) is 0 Å². The molecule has 2 aromatic heterocycles. The molecule has 0 unspecified atom stereocenters. The summed E-state index contributed by atoms with van der Waals surface area (Å²) >= 11 is 0. The van der Waals surface area contributed by atoms with E-state index in [1.54, 1.807) is 6.92 Å². The summed E-state index contributed by atoms with van der Waals surface area (Å²) in [5.74, 6) is 1.57. The molecule has 3 heterocycles. The van der Waals surface area contributed by atoms with Crippen LogP contribution in [0.25, 0.3) is 0 Å². The Labute approximate surface area is 142 Å². The van der Waals surface area contributed by atoms with Gasteiger partial charge in [0.2, 0.25) is 5.89 Å². The first-order chi connectivity index (χ1) is 11.4. The van der Waals surface area contributed by atoms with Crippen molar-refractivity contribution in [1.29, 1.82) is 0 Å². The number of hydrogen-bond donors (Lipinski definition) is 0. The summed E-state index contributed by atoms with van der Waals surface area (Å²) in [4.78, 5) is 19.3. The molecule has 0 aliphatic carbocycles. The van der Waals surface area contributed by atoms with Gasteiger partial charge in [-0.3, -0.25) is 4.79 Å². The van der Waals surface area contributed by atoms with Crippen molar-refractivity contribution in [2.75, 3.05) is 13.1 Å². The summed E-state index contributed by atoms with van der Waals surface area (Å²) in [6.07, 6.45) is 1.96. The summed E-state index contributed by atoms with van der Waals surface area (Å²) < 4.78 is 7.31. The number of aryl methyl sites for hydroxylation is 2. The third kappa shape index (κ3) is 2.97. The second-order valence-electron chi connectivity index (χ2n) is 7.01. The predicted molar refractivity (Wildman–Crippen MR) is 91.2 cm³/mol. The van der Waals surface area contributed by atoms with Crippen LogP contribution in [0.2, 0.25) is 0 Å². The minimum atomic E-state index is 0.111. The van der Waals surface area contributed by atoms with E-state index in [4.69, 9.17) is 4.52 Å². The number of rotatable bonds is 3. The van der Waals surface area contributed by atoms with Crippen LogP contribution in [-0.2, 0) is 0 Å². The van der Waals surface area contributed by atoms with E-state index in [0.29, 0.717) is 18.5 Å². The maximum Gasteiger partial charge on any atom is 0.255 e. The van der Waals surface area contributed by atoms with Crippen molar-refractivity contribution in [1.82, 2.24) is 19.6 Å². The lowest BCUT2D eigenvalue weighted by molar-refractivity contribution is 0.0702. The van der Waals surface area contributed by atoms with Crippen LogP contribution in [-0.4, -0.2) is 38.6 Å². The fraction of sp³-hybridized carbons (Fsp3) is 0.611. The number of carbonyl (C=O) groups is 1. The molecular weight excluding hydrogens is 304 g/mol. The molecule has 1 saturated heterocycles. The highest BCUT2D eigenvalue weighted by atomic mass is 16.5. The molecule has 1 aliphatic rings. The fourth-order valence-corrected chi connectivity index (χ4v) is 3.81. The fourth-order valence-electron chi connectivity index (χ4n) is 3.81. The van der Waals surface area contributed by atoms with Gasteiger partial charge in [0, 0.05) is 43.4 Å². The Kier molecular flexibility index (Phi) is 4.47. The van der Waals surface area contributed by atoms with Gasteiger partial charge >= 0.3 is 0 Å². The Hall–Kier alpha value is -2.11. The van der Waals surface area contributed by atoms with Gasteiger partial charge in [-0.1, -0.05) is 5.16 Å². The smallest absolute Gasteiger partial charge is 0.255 e. The summed E-state index contributed by atoms with van der Waals surface area (Å²) in [5.41, 5.74) is 2.99. The molecule has 130 valence electrons. The van der Waals surface area contributed by atoms with Crippen molar-refractivity contribution in [2.24, 2.45) is 0 Å². The van der Waals surface area contributed by atoms with E-state index in [0.717, 1.165) is 42.2 Å². The molecule has 1 atom stereocenters. The first-order valence-electron chi connectivity index (χ1n) is 8.66. The molecular formula is C18H26N4O2. The third-order valence-electron chi connectivity index (χ3n) is 4.85. The first-order valence-corrected chi connectivity index (χ1v) is 8.66. The van der Waals surface area contributed by atoms with Crippen molar-refractivity contribution in [3.8, 4) is 0 Å². The number of amides is 1. The number of piperidine rings is 1. The van der Waals surface area contributed by atoms with Gasteiger partial charge in [0.25, 0.3) is 5.91 Å². The van der Waals surface area contributed by atoms with E-state index in [1.165, 1.54) is 0 Å². The Balaban J connectivity index is 1.81. The van der Waals surface area contributed by atoms with Crippen molar-refractivity contribution < 1.29 is 9.32 Å². The minimum Gasteiger partial charge on any atom is -0.346 e. The SMILES string of the molecule is Cc1nc([C@@H]2CCCN(C(=O)c3cc(C)n(C(C)C)c3C)C2)no1. The zero-order valence-electron chi connectivity index (χ0n) is 15.2. The Morgan fingerprint density at radius 1 is 1.33 bits per heavy atom. The van der Waals surface area contributed by atoms with Crippen molar-refractivity contribution in [2.45, 2.75) is 59.4 Å². The Bertz CT molecular complexity index is 744. The summed E-state index contributed by atoms with van der Waals surface area (Å²) in [7, 11) is 0. The molecule has 0 N–H and O–H groups in total. The first kappa shape index (κ1) is 16.7. The molecule has 6 heteroatoms. The van der Waals surface area contributed by atoms with Gasteiger partial charge in [0.05, 0.1) is 5.56 Å². The largest absolute Gasteiger partial charge is 0.346 e. The lowest BCUT2D eigenvalue weighted by Gasteiger charge is -2.31. The van der Waals surface area contributed by atoms with Crippen LogP contribution >= 0.6 is 0 Å². The summed E-state index contributed by atoms with van der Waals surface area (Å²) in [5, 5.41) is 4.04. The normalized spacial score (nSPS) is 18.4. The number of carbonyl (C=O) groups excluding carboxylic acids is 1. The molecule has 2 aromatic rings. The average Bonchev–Trinajstić information content (AvgIpc) is 3.10. The second kappa shape index (κ2) is 6.42. The van der Waals surface area contributed by atoms with Crippen LogP contribution in [0.15, 0.2) is 10.6 Å². The van der Waals surface area contributed by atoms with Gasteiger partial charge in [-0.25, -0.2) is 0 Å². The molecule has 0 spiro atoms. The van der Waals surface area contributed by atoms with Crippen LogP contribution < -0.4 is 0 Å². The highest BCUT2D eigenvalue weighted by molar-refractivity contribution is 5.95. The van der Waals surface area contributed by atoms with Crippen LogP contribution in [0.3, 0.4) is 0 Å². The molecule has 24 heavy (non-hydrogen) atoms. The third-order valence-corrected chi connectivity index (χ3v) is 4.85. The average molecular weight is 330 g/mol. The van der Waals surface area contributed by atoms with E-state index in [-0.39, 0.29) is 11.8 Å². The van der Waals surface area contributed by atoms with Crippen molar-refractivity contribution in [3.05, 3.63) is 34.7 Å². The Morgan fingerprint density at radius 2 is 2.08 bits per heavy atom. The molecule has 0 aromatic carbocycles. The quantitative estimate of drug-likeness (QED) is 0.865. The number of nitrogens with zero attached hydrogens (tertiary/aromatic N) is 4. The molecule has 1 aliphatic heterocycles. The van der Waals surface area contributed by atoms with E-state index >= 15 is 0 Å². The Morgan fingerprint density at radius 3 is 2.67 bits per heavy atom. The van der Waals surface area contributed by atoms with E-state index < -0.39 is 0 Å². The molecule has 3 rings (SSSR count). The summed E-state index contributed by atoms with van der Waals surface area (Å²) in [6, 6.07) is 2.36. The van der Waals surface area contributed by atoms with Crippen LogP contribution in [0.1, 0.15) is 72.1 Å². The van der Waals surface area contributed by atoms with Gasteiger partial charge < -0.3 is 14.0 Å². The summed E-state index contributed by atoms with van der Waals surface area (Å²) in [6.45, 7) is 11.6. The molecule has 1 fully saturated rings. The van der Waals surface area contributed by atoms with Gasteiger partial charge in [0.15, 0.2) is 5.82 Å². The van der Waals surface area contributed by atoms with E-state index in [9.17, 15) is 4.79 Å². The highest BCUT2D eigenvalue weighted by Gasteiger charge is 2.30. The lowest BCUT2D eigenvalue weighted by atomic mass is 9.96. The zero-order valence-corrected chi connectivity index (χ0v) is 15.2. The van der Waals surface area contributed by atoms with Crippen LogP contribution in [0.4, 0.5) is 0 Å². The van der Waals surface area contributed by atoms with Crippen LogP contribution in [0.5, 0.6) is 0 Å². The molecule has 6 nitrogen and oxygen atoms in total.